The smallest absolute Gasteiger partial charge is 0.303 e. The van der Waals surface area contributed by atoms with Gasteiger partial charge in [-0.2, -0.15) is 0 Å². The molecule has 0 aromatic carbocycles. The SMILES string of the molecule is Cc1noc(C(C)C)c1C(=O)NCC(C)CC(=O)O. The molecule has 19 heavy (non-hydrogen) atoms. The molecule has 0 aliphatic rings. The number of aromatic nitrogens is 1. The maximum absolute atomic E-state index is 12.1. The van der Waals surface area contributed by atoms with Gasteiger partial charge in [-0.3, -0.25) is 9.59 Å². The fraction of sp³-hybridized carbons (Fsp3) is 0.615. The first-order chi connectivity index (χ1) is 8.82. The van der Waals surface area contributed by atoms with Crippen LogP contribution < -0.4 is 5.32 Å². The van der Waals surface area contributed by atoms with Gasteiger partial charge >= 0.3 is 5.97 Å². The molecule has 1 aromatic heterocycles. The summed E-state index contributed by atoms with van der Waals surface area (Å²) in [5, 5.41) is 15.2. The summed E-state index contributed by atoms with van der Waals surface area (Å²) in [7, 11) is 0. The summed E-state index contributed by atoms with van der Waals surface area (Å²) in [5.41, 5.74) is 1.00. The van der Waals surface area contributed by atoms with Crippen LogP contribution in [0.3, 0.4) is 0 Å². The van der Waals surface area contributed by atoms with Crippen LogP contribution in [0.15, 0.2) is 4.52 Å². The second kappa shape index (κ2) is 6.36. The maximum atomic E-state index is 12.1. The number of carboxylic acid groups (broad SMARTS) is 1. The van der Waals surface area contributed by atoms with Gasteiger partial charge in [0.05, 0.1) is 5.69 Å². The highest BCUT2D eigenvalue weighted by Gasteiger charge is 2.22. The highest BCUT2D eigenvalue weighted by atomic mass is 16.5. The van der Waals surface area contributed by atoms with Crippen LogP contribution in [0.25, 0.3) is 0 Å². The molecule has 0 bridgehead atoms. The lowest BCUT2D eigenvalue weighted by atomic mass is 10.0. The number of hydrogen-bond donors (Lipinski definition) is 2. The summed E-state index contributed by atoms with van der Waals surface area (Å²) in [6, 6.07) is 0. The van der Waals surface area contributed by atoms with Crippen molar-refractivity contribution in [3.05, 3.63) is 17.0 Å². The van der Waals surface area contributed by atoms with Gasteiger partial charge in [0.1, 0.15) is 5.56 Å². The molecular formula is C13H20N2O4. The number of carbonyl (C=O) groups is 2. The van der Waals surface area contributed by atoms with E-state index in [1.807, 2.05) is 13.8 Å². The number of aliphatic carboxylic acids is 1. The molecule has 0 aliphatic heterocycles. The molecule has 1 unspecified atom stereocenters. The highest BCUT2D eigenvalue weighted by molar-refractivity contribution is 5.96. The number of amides is 1. The van der Waals surface area contributed by atoms with Crippen LogP contribution in [-0.4, -0.2) is 28.7 Å². The lowest BCUT2D eigenvalue weighted by Crippen LogP contribution is -2.30. The summed E-state index contributed by atoms with van der Waals surface area (Å²) in [5.74, 6) is -0.631. The predicted octanol–water partition coefficient (Wildman–Crippen LogP) is 1.95. The van der Waals surface area contributed by atoms with Gasteiger partial charge < -0.3 is 14.9 Å². The van der Waals surface area contributed by atoms with Crippen LogP contribution in [0.4, 0.5) is 0 Å². The molecule has 1 heterocycles. The van der Waals surface area contributed by atoms with E-state index in [0.29, 0.717) is 23.6 Å². The number of aryl methyl sites for hydroxylation is 1. The monoisotopic (exact) mass is 268 g/mol. The average molecular weight is 268 g/mol. The Morgan fingerprint density at radius 3 is 2.53 bits per heavy atom. The predicted molar refractivity (Wildman–Crippen MR) is 69.1 cm³/mol. The summed E-state index contributed by atoms with van der Waals surface area (Å²) < 4.78 is 5.14. The molecule has 6 heteroatoms. The summed E-state index contributed by atoms with van der Waals surface area (Å²) in [6.45, 7) is 7.64. The van der Waals surface area contributed by atoms with E-state index in [4.69, 9.17) is 9.63 Å². The van der Waals surface area contributed by atoms with Gasteiger partial charge in [-0.1, -0.05) is 25.9 Å². The van der Waals surface area contributed by atoms with Crippen molar-refractivity contribution in [1.29, 1.82) is 0 Å². The molecule has 0 saturated heterocycles. The number of carbonyl (C=O) groups excluding carboxylic acids is 1. The standard InChI is InChI=1S/C13H20N2O4/c1-7(2)12-11(9(4)15-19-12)13(18)14-6-8(3)5-10(16)17/h7-8H,5-6H2,1-4H3,(H,14,18)(H,16,17). The van der Waals surface area contributed by atoms with Crippen molar-refractivity contribution >= 4 is 11.9 Å². The molecule has 1 amide bonds. The Labute approximate surface area is 112 Å². The summed E-state index contributed by atoms with van der Waals surface area (Å²) >= 11 is 0. The van der Waals surface area contributed by atoms with Crippen molar-refractivity contribution in [3.63, 3.8) is 0 Å². The molecule has 106 valence electrons. The first-order valence-electron chi connectivity index (χ1n) is 6.29. The van der Waals surface area contributed by atoms with Crippen LogP contribution in [0.5, 0.6) is 0 Å². The molecule has 1 rings (SSSR count). The van der Waals surface area contributed by atoms with E-state index in [2.05, 4.69) is 10.5 Å². The van der Waals surface area contributed by atoms with Crippen LogP contribution in [0.1, 0.15) is 54.9 Å². The molecule has 0 radical (unpaired) electrons. The number of nitrogens with one attached hydrogen (secondary N) is 1. The molecule has 0 aliphatic carbocycles. The zero-order valence-electron chi connectivity index (χ0n) is 11.7. The Bertz CT molecular complexity index is 465. The molecule has 1 atom stereocenters. The van der Waals surface area contributed by atoms with E-state index in [1.54, 1.807) is 13.8 Å². The van der Waals surface area contributed by atoms with E-state index in [0.717, 1.165) is 0 Å². The Morgan fingerprint density at radius 1 is 1.37 bits per heavy atom. The fourth-order valence-corrected chi connectivity index (χ4v) is 1.78. The minimum absolute atomic E-state index is 0.0277. The maximum Gasteiger partial charge on any atom is 0.303 e. The van der Waals surface area contributed by atoms with Crippen molar-refractivity contribution in [2.45, 2.75) is 40.0 Å². The molecule has 0 saturated carbocycles. The Balaban J connectivity index is 2.68. The number of carboxylic acids is 1. The molecule has 1 aromatic rings. The van der Waals surface area contributed by atoms with Crippen molar-refractivity contribution in [2.24, 2.45) is 5.92 Å². The summed E-state index contributed by atoms with van der Waals surface area (Å²) in [4.78, 5) is 22.6. The van der Waals surface area contributed by atoms with E-state index in [-0.39, 0.29) is 24.2 Å². The highest BCUT2D eigenvalue weighted by Crippen LogP contribution is 2.22. The third kappa shape index (κ3) is 4.08. The zero-order chi connectivity index (χ0) is 14.6. The quantitative estimate of drug-likeness (QED) is 0.822. The lowest BCUT2D eigenvalue weighted by molar-refractivity contribution is -0.137. The number of rotatable bonds is 6. The van der Waals surface area contributed by atoms with Gasteiger partial charge in [-0.15, -0.1) is 0 Å². The van der Waals surface area contributed by atoms with Crippen molar-refractivity contribution < 1.29 is 19.2 Å². The summed E-state index contributed by atoms with van der Waals surface area (Å²) in [6.07, 6.45) is 0.0277. The van der Waals surface area contributed by atoms with Gasteiger partial charge in [0.25, 0.3) is 5.91 Å². The normalized spacial score (nSPS) is 12.5. The van der Waals surface area contributed by atoms with E-state index < -0.39 is 5.97 Å². The second-order valence-corrected chi connectivity index (χ2v) is 5.07. The molecular weight excluding hydrogens is 248 g/mol. The Morgan fingerprint density at radius 2 is 2.00 bits per heavy atom. The van der Waals surface area contributed by atoms with Crippen LogP contribution in [0, 0.1) is 12.8 Å². The van der Waals surface area contributed by atoms with Gasteiger partial charge in [-0.25, -0.2) is 0 Å². The van der Waals surface area contributed by atoms with Crippen LogP contribution >= 0.6 is 0 Å². The minimum Gasteiger partial charge on any atom is -0.481 e. The molecule has 0 spiro atoms. The van der Waals surface area contributed by atoms with Gasteiger partial charge in [0, 0.05) is 18.9 Å². The molecule has 6 nitrogen and oxygen atoms in total. The van der Waals surface area contributed by atoms with Gasteiger partial charge in [0.15, 0.2) is 5.76 Å². The average Bonchev–Trinajstić information content (AvgIpc) is 2.67. The number of nitrogens with zero attached hydrogens (tertiary/aromatic N) is 1. The zero-order valence-corrected chi connectivity index (χ0v) is 11.7. The first kappa shape index (κ1) is 15.2. The first-order valence-corrected chi connectivity index (χ1v) is 6.29. The van der Waals surface area contributed by atoms with Crippen LogP contribution in [0.2, 0.25) is 0 Å². The Hall–Kier alpha value is -1.85. The van der Waals surface area contributed by atoms with Crippen LogP contribution in [-0.2, 0) is 4.79 Å². The molecule has 0 fully saturated rings. The topological polar surface area (TPSA) is 92.4 Å². The number of hydrogen-bond acceptors (Lipinski definition) is 4. The largest absolute Gasteiger partial charge is 0.481 e. The third-order valence-electron chi connectivity index (χ3n) is 2.77. The lowest BCUT2D eigenvalue weighted by Gasteiger charge is -2.11. The minimum atomic E-state index is -0.870. The Kier molecular flexibility index (Phi) is 5.09. The van der Waals surface area contributed by atoms with Crippen molar-refractivity contribution in [3.8, 4) is 0 Å². The third-order valence-corrected chi connectivity index (χ3v) is 2.77. The van der Waals surface area contributed by atoms with E-state index in [1.165, 1.54) is 0 Å². The van der Waals surface area contributed by atoms with Gasteiger partial charge in [-0.05, 0) is 12.8 Å². The van der Waals surface area contributed by atoms with Crippen molar-refractivity contribution in [2.75, 3.05) is 6.54 Å². The fourth-order valence-electron chi connectivity index (χ4n) is 1.78. The van der Waals surface area contributed by atoms with Crippen molar-refractivity contribution in [1.82, 2.24) is 10.5 Å². The van der Waals surface area contributed by atoms with E-state index in [9.17, 15) is 9.59 Å². The van der Waals surface area contributed by atoms with Gasteiger partial charge in [0.2, 0.25) is 0 Å². The molecule has 2 N–H and O–H groups in total. The van der Waals surface area contributed by atoms with E-state index >= 15 is 0 Å². The second-order valence-electron chi connectivity index (χ2n) is 5.07.